The van der Waals surface area contributed by atoms with Gasteiger partial charge in [0.2, 0.25) is 0 Å². The average molecular weight is 237 g/mol. The molecule has 1 aromatic carbocycles. The van der Waals surface area contributed by atoms with Gasteiger partial charge in [-0.1, -0.05) is 0 Å². The third-order valence-corrected chi connectivity index (χ3v) is 3.13. The molecular weight excluding hydrogens is 218 g/mol. The Morgan fingerprint density at radius 2 is 1.53 bits per heavy atom. The predicted molar refractivity (Wildman–Crippen MR) is 66.0 cm³/mol. The van der Waals surface area contributed by atoms with Crippen LogP contribution in [0.4, 0.5) is 0 Å². The largest absolute Gasteiger partial charge is 0.496 e. The van der Waals surface area contributed by atoms with Gasteiger partial charge in [0, 0.05) is 24.2 Å². The van der Waals surface area contributed by atoms with Crippen molar-refractivity contribution < 1.29 is 14.2 Å². The van der Waals surface area contributed by atoms with Gasteiger partial charge >= 0.3 is 0 Å². The smallest absolute Gasteiger partial charge is 0.127 e. The van der Waals surface area contributed by atoms with Crippen molar-refractivity contribution in [1.29, 1.82) is 0 Å². The Balaban J connectivity index is 2.00. The summed E-state index contributed by atoms with van der Waals surface area (Å²) in [5, 5.41) is 3.23. The fourth-order valence-corrected chi connectivity index (χ4v) is 1.94. The molecule has 0 amide bonds. The van der Waals surface area contributed by atoms with Gasteiger partial charge in [0.1, 0.15) is 23.4 Å². The minimum atomic E-state index is 0.296. The van der Waals surface area contributed by atoms with Crippen molar-refractivity contribution in [3.05, 3.63) is 18.2 Å². The predicted octanol–water partition coefficient (Wildman–Crippen LogP) is 1.83. The van der Waals surface area contributed by atoms with Gasteiger partial charge in [-0.15, -0.1) is 0 Å². The summed E-state index contributed by atoms with van der Waals surface area (Å²) in [6, 6.07) is 6.20. The normalized spacial score (nSPS) is 22.8. The SMILES string of the molecule is CNC1CC(Oc2cc(OC)cc(OC)c2)C1. The summed E-state index contributed by atoms with van der Waals surface area (Å²) in [6.45, 7) is 0. The van der Waals surface area contributed by atoms with Crippen LogP contribution in [0.5, 0.6) is 17.2 Å². The lowest BCUT2D eigenvalue weighted by Crippen LogP contribution is -2.45. The fourth-order valence-electron chi connectivity index (χ4n) is 1.94. The highest BCUT2D eigenvalue weighted by atomic mass is 16.5. The molecule has 0 heterocycles. The monoisotopic (exact) mass is 237 g/mol. The summed E-state index contributed by atoms with van der Waals surface area (Å²) < 4.78 is 16.3. The maximum atomic E-state index is 5.87. The van der Waals surface area contributed by atoms with Crippen LogP contribution in [-0.2, 0) is 0 Å². The summed E-state index contributed by atoms with van der Waals surface area (Å²) in [6.07, 6.45) is 2.40. The number of hydrogen-bond acceptors (Lipinski definition) is 4. The van der Waals surface area contributed by atoms with Crippen molar-refractivity contribution in [2.24, 2.45) is 0 Å². The Hall–Kier alpha value is -1.42. The first kappa shape index (κ1) is 12.0. The molecule has 4 nitrogen and oxygen atoms in total. The minimum Gasteiger partial charge on any atom is -0.496 e. The molecule has 0 aliphatic heterocycles. The molecule has 1 aromatic rings. The Labute approximate surface area is 102 Å². The molecule has 0 bridgehead atoms. The Bertz CT molecular complexity index is 353. The summed E-state index contributed by atoms with van der Waals surface area (Å²) >= 11 is 0. The molecule has 0 saturated heterocycles. The zero-order valence-electron chi connectivity index (χ0n) is 10.5. The van der Waals surface area contributed by atoms with Gasteiger partial charge in [0.15, 0.2) is 0 Å². The Morgan fingerprint density at radius 3 is 2.00 bits per heavy atom. The first-order chi connectivity index (χ1) is 8.25. The standard InChI is InChI=1S/C13H19NO3/c1-14-9-4-12(5-9)17-13-7-10(15-2)6-11(8-13)16-3/h6-9,12,14H,4-5H2,1-3H3. The van der Waals surface area contributed by atoms with Crippen LogP contribution in [0.1, 0.15) is 12.8 Å². The van der Waals surface area contributed by atoms with E-state index in [1.54, 1.807) is 14.2 Å². The zero-order chi connectivity index (χ0) is 12.3. The van der Waals surface area contributed by atoms with Crippen LogP contribution in [0.15, 0.2) is 18.2 Å². The highest BCUT2D eigenvalue weighted by Gasteiger charge is 2.29. The molecular formula is C13H19NO3. The molecule has 17 heavy (non-hydrogen) atoms. The molecule has 1 N–H and O–H groups in total. The highest BCUT2D eigenvalue weighted by molar-refractivity contribution is 5.42. The topological polar surface area (TPSA) is 39.7 Å². The van der Waals surface area contributed by atoms with Gasteiger partial charge in [-0.2, -0.15) is 0 Å². The van der Waals surface area contributed by atoms with Crippen LogP contribution >= 0.6 is 0 Å². The Morgan fingerprint density at radius 1 is 1.00 bits per heavy atom. The fraction of sp³-hybridized carbons (Fsp3) is 0.538. The summed E-state index contributed by atoms with van der Waals surface area (Å²) in [5.74, 6) is 2.31. The van der Waals surface area contributed by atoms with Crippen LogP contribution in [0.2, 0.25) is 0 Å². The minimum absolute atomic E-state index is 0.296. The highest BCUT2D eigenvalue weighted by Crippen LogP contribution is 2.31. The first-order valence-electron chi connectivity index (χ1n) is 5.82. The van der Waals surface area contributed by atoms with Crippen LogP contribution in [-0.4, -0.2) is 33.4 Å². The molecule has 4 heteroatoms. The molecule has 0 spiro atoms. The van der Waals surface area contributed by atoms with E-state index in [-0.39, 0.29) is 0 Å². The lowest BCUT2D eigenvalue weighted by molar-refractivity contribution is 0.0880. The van der Waals surface area contributed by atoms with Crippen LogP contribution < -0.4 is 19.5 Å². The van der Waals surface area contributed by atoms with Crippen molar-refractivity contribution in [2.45, 2.75) is 25.0 Å². The quantitative estimate of drug-likeness (QED) is 0.848. The van der Waals surface area contributed by atoms with E-state index < -0.39 is 0 Å². The zero-order valence-corrected chi connectivity index (χ0v) is 10.5. The van der Waals surface area contributed by atoms with Gasteiger partial charge < -0.3 is 19.5 Å². The maximum absolute atomic E-state index is 5.87. The summed E-state index contributed by atoms with van der Waals surface area (Å²) in [4.78, 5) is 0. The number of ether oxygens (including phenoxy) is 3. The second kappa shape index (κ2) is 5.27. The molecule has 1 aliphatic rings. The van der Waals surface area contributed by atoms with E-state index in [0.29, 0.717) is 12.1 Å². The van der Waals surface area contributed by atoms with Gasteiger partial charge in [-0.25, -0.2) is 0 Å². The van der Waals surface area contributed by atoms with Crippen molar-refractivity contribution in [3.63, 3.8) is 0 Å². The van der Waals surface area contributed by atoms with Crippen LogP contribution in [0.25, 0.3) is 0 Å². The number of methoxy groups -OCH3 is 2. The maximum Gasteiger partial charge on any atom is 0.127 e. The first-order valence-corrected chi connectivity index (χ1v) is 5.82. The molecule has 0 atom stereocenters. The molecule has 0 radical (unpaired) electrons. The number of rotatable bonds is 5. The van der Waals surface area contributed by atoms with E-state index in [2.05, 4.69) is 5.32 Å². The van der Waals surface area contributed by atoms with Crippen molar-refractivity contribution in [3.8, 4) is 17.2 Å². The van der Waals surface area contributed by atoms with Crippen LogP contribution in [0, 0.1) is 0 Å². The second-order valence-corrected chi connectivity index (χ2v) is 4.25. The van der Waals surface area contributed by atoms with Gasteiger partial charge in [-0.05, 0) is 19.9 Å². The lowest BCUT2D eigenvalue weighted by Gasteiger charge is -2.35. The molecule has 0 unspecified atom stereocenters. The van der Waals surface area contributed by atoms with E-state index in [4.69, 9.17) is 14.2 Å². The van der Waals surface area contributed by atoms with Crippen molar-refractivity contribution in [2.75, 3.05) is 21.3 Å². The van der Waals surface area contributed by atoms with E-state index in [9.17, 15) is 0 Å². The molecule has 1 saturated carbocycles. The Kier molecular flexibility index (Phi) is 3.74. The second-order valence-electron chi connectivity index (χ2n) is 4.25. The molecule has 94 valence electrons. The molecule has 1 fully saturated rings. The summed E-state index contributed by atoms with van der Waals surface area (Å²) in [5.41, 5.74) is 0. The third-order valence-electron chi connectivity index (χ3n) is 3.13. The van der Waals surface area contributed by atoms with Crippen molar-refractivity contribution in [1.82, 2.24) is 5.32 Å². The van der Waals surface area contributed by atoms with Gasteiger partial charge in [0.25, 0.3) is 0 Å². The van der Waals surface area contributed by atoms with E-state index in [0.717, 1.165) is 30.1 Å². The van der Waals surface area contributed by atoms with E-state index in [1.807, 2.05) is 25.2 Å². The number of hydrogen-bond donors (Lipinski definition) is 1. The van der Waals surface area contributed by atoms with E-state index in [1.165, 1.54) is 0 Å². The lowest BCUT2D eigenvalue weighted by atomic mass is 9.89. The van der Waals surface area contributed by atoms with E-state index >= 15 is 0 Å². The molecule has 2 rings (SSSR count). The summed E-state index contributed by atoms with van der Waals surface area (Å²) in [7, 11) is 5.26. The van der Waals surface area contributed by atoms with Crippen molar-refractivity contribution >= 4 is 0 Å². The van der Waals surface area contributed by atoms with Crippen LogP contribution in [0.3, 0.4) is 0 Å². The van der Waals surface area contributed by atoms with Gasteiger partial charge in [-0.3, -0.25) is 0 Å². The van der Waals surface area contributed by atoms with Gasteiger partial charge in [0.05, 0.1) is 14.2 Å². The number of nitrogens with one attached hydrogen (secondary N) is 1. The molecule has 0 aromatic heterocycles. The molecule has 1 aliphatic carbocycles. The third kappa shape index (κ3) is 2.82. The number of benzene rings is 1. The average Bonchev–Trinajstić information content (AvgIpc) is 2.32.